The highest BCUT2D eigenvalue weighted by Crippen LogP contribution is 2.41. The molecule has 5 rings (SSSR count). The van der Waals surface area contributed by atoms with Gasteiger partial charge in [-0.2, -0.15) is 17.6 Å². The standard InChI is InChI=1S/C36H21F13O3/c1-2-3-17-4-6-22(24(38)8-17)18-9-26(40)32(27(41)10-18)35(46,47)51-20-5-7-23(25(39)13-20)19-11-28(42)33(29(43)12-19)36(48,49)52-21-14-30(44)34(50-16-37)31(45)15-21/h4-15H,2-3,16H2,1H3. The Morgan fingerprint density at radius 3 is 1.35 bits per heavy atom. The van der Waals surface area contributed by atoms with Gasteiger partial charge in [0.25, 0.3) is 0 Å². The van der Waals surface area contributed by atoms with Crippen LogP contribution in [0.15, 0.2) is 72.8 Å². The molecule has 0 spiro atoms. The zero-order chi connectivity index (χ0) is 38.1. The molecule has 0 atom stereocenters. The van der Waals surface area contributed by atoms with Gasteiger partial charge in [0.15, 0.2) is 17.4 Å². The van der Waals surface area contributed by atoms with Crippen molar-refractivity contribution in [3.8, 4) is 39.5 Å². The van der Waals surface area contributed by atoms with Crippen molar-refractivity contribution in [3.05, 3.63) is 136 Å². The van der Waals surface area contributed by atoms with E-state index >= 15 is 13.2 Å². The van der Waals surface area contributed by atoms with Crippen LogP contribution in [-0.2, 0) is 18.6 Å². The van der Waals surface area contributed by atoms with Crippen LogP contribution < -0.4 is 14.2 Å². The van der Waals surface area contributed by atoms with Crippen LogP contribution in [0.2, 0.25) is 0 Å². The zero-order valence-corrected chi connectivity index (χ0v) is 26.2. The van der Waals surface area contributed by atoms with E-state index in [-0.39, 0.29) is 35.9 Å². The van der Waals surface area contributed by atoms with Gasteiger partial charge in [-0.3, -0.25) is 0 Å². The first-order valence-electron chi connectivity index (χ1n) is 14.8. The van der Waals surface area contributed by atoms with Crippen molar-refractivity contribution in [2.24, 2.45) is 0 Å². The lowest BCUT2D eigenvalue weighted by molar-refractivity contribution is -0.190. The van der Waals surface area contributed by atoms with Crippen molar-refractivity contribution in [1.82, 2.24) is 0 Å². The van der Waals surface area contributed by atoms with Crippen LogP contribution in [-0.4, -0.2) is 6.86 Å². The van der Waals surface area contributed by atoms with E-state index in [0.29, 0.717) is 42.7 Å². The summed E-state index contributed by atoms with van der Waals surface area (Å²) in [7, 11) is 0. The van der Waals surface area contributed by atoms with E-state index in [1.807, 2.05) is 6.92 Å². The number of alkyl halides is 5. The molecule has 5 aromatic rings. The number of halogens is 13. The fourth-order valence-corrected chi connectivity index (χ4v) is 5.23. The van der Waals surface area contributed by atoms with Crippen molar-refractivity contribution in [2.45, 2.75) is 32.0 Å². The predicted octanol–water partition coefficient (Wildman–Crippen LogP) is 11.6. The summed E-state index contributed by atoms with van der Waals surface area (Å²) in [6.45, 7) is 0.172. The first kappa shape index (κ1) is 37.8. The van der Waals surface area contributed by atoms with E-state index in [2.05, 4.69) is 14.2 Å². The van der Waals surface area contributed by atoms with E-state index in [1.165, 1.54) is 12.1 Å². The van der Waals surface area contributed by atoms with Crippen LogP contribution in [0.4, 0.5) is 57.1 Å². The Labute approximate surface area is 285 Å². The third kappa shape index (κ3) is 7.75. The topological polar surface area (TPSA) is 27.7 Å². The third-order valence-corrected chi connectivity index (χ3v) is 7.46. The van der Waals surface area contributed by atoms with Crippen molar-refractivity contribution >= 4 is 0 Å². The number of aryl methyl sites for hydroxylation is 1. The van der Waals surface area contributed by atoms with Crippen molar-refractivity contribution in [3.63, 3.8) is 0 Å². The molecule has 274 valence electrons. The van der Waals surface area contributed by atoms with Gasteiger partial charge in [-0.1, -0.05) is 25.5 Å². The summed E-state index contributed by atoms with van der Waals surface area (Å²) in [6.07, 6.45) is -8.52. The molecule has 0 aliphatic heterocycles. The maximum absolute atomic E-state index is 15.0. The van der Waals surface area contributed by atoms with Crippen molar-refractivity contribution in [2.75, 3.05) is 6.86 Å². The number of hydrogen-bond acceptors (Lipinski definition) is 3. The van der Waals surface area contributed by atoms with Crippen LogP contribution in [0.3, 0.4) is 0 Å². The van der Waals surface area contributed by atoms with E-state index in [1.54, 1.807) is 0 Å². The highest BCUT2D eigenvalue weighted by Gasteiger charge is 2.43. The minimum absolute atomic E-state index is 0.126. The molecule has 0 N–H and O–H groups in total. The maximum Gasteiger partial charge on any atom is 0.432 e. The average molecular weight is 749 g/mol. The molecule has 0 radical (unpaired) electrons. The fraction of sp³-hybridized carbons (Fsp3) is 0.167. The molecular weight excluding hydrogens is 727 g/mol. The minimum atomic E-state index is -4.94. The van der Waals surface area contributed by atoms with Crippen LogP contribution in [0.1, 0.15) is 30.0 Å². The van der Waals surface area contributed by atoms with Crippen LogP contribution in [0.25, 0.3) is 22.3 Å². The van der Waals surface area contributed by atoms with Gasteiger partial charge < -0.3 is 14.2 Å². The second-order valence-electron chi connectivity index (χ2n) is 11.0. The summed E-state index contributed by atoms with van der Waals surface area (Å²) in [5.41, 5.74) is -5.55. The van der Waals surface area contributed by atoms with E-state index in [4.69, 9.17) is 0 Å². The summed E-state index contributed by atoms with van der Waals surface area (Å²) in [5.74, 6) is -17.1. The maximum atomic E-state index is 15.0. The van der Waals surface area contributed by atoms with Gasteiger partial charge in [-0.15, -0.1) is 0 Å². The SMILES string of the molecule is CCCc1ccc(-c2cc(F)c(C(F)(F)Oc3ccc(-c4cc(F)c(C(F)(F)Oc5cc(F)c(OCF)c(F)c5)c(F)c4)c(F)c3)c(F)c2)c(F)c1. The van der Waals surface area contributed by atoms with E-state index in [9.17, 15) is 43.9 Å². The predicted molar refractivity (Wildman–Crippen MR) is 160 cm³/mol. The van der Waals surface area contributed by atoms with E-state index in [0.717, 1.165) is 6.07 Å². The van der Waals surface area contributed by atoms with Crippen molar-refractivity contribution in [1.29, 1.82) is 0 Å². The number of rotatable bonds is 12. The molecule has 0 aliphatic rings. The van der Waals surface area contributed by atoms with Crippen LogP contribution in [0.5, 0.6) is 17.2 Å². The van der Waals surface area contributed by atoms with Gasteiger partial charge in [0.1, 0.15) is 57.5 Å². The third-order valence-electron chi connectivity index (χ3n) is 7.46. The zero-order valence-electron chi connectivity index (χ0n) is 26.2. The average Bonchev–Trinajstić information content (AvgIpc) is 3.01. The van der Waals surface area contributed by atoms with Gasteiger partial charge in [0, 0.05) is 29.3 Å². The molecule has 0 saturated carbocycles. The van der Waals surface area contributed by atoms with E-state index < -0.39 is 111 Å². The Hall–Kier alpha value is -5.41. The van der Waals surface area contributed by atoms with Gasteiger partial charge >= 0.3 is 12.2 Å². The first-order chi connectivity index (χ1) is 24.4. The molecule has 0 amide bonds. The highest BCUT2D eigenvalue weighted by molar-refractivity contribution is 5.67. The largest absolute Gasteiger partial charge is 0.457 e. The number of benzene rings is 5. The minimum Gasteiger partial charge on any atom is -0.457 e. The Kier molecular flexibility index (Phi) is 10.7. The Balaban J connectivity index is 1.38. The lowest BCUT2D eigenvalue weighted by Crippen LogP contribution is -2.25. The van der Waals surface area contributed by atoms with Gasteiger partial charge in [-0.05, 0) is 65.6 Å². The molecule has 0 saturated heterocycles. The highest BCUT2D eigenvalue weighted by atomic mass is 19.3. The molecule has 0 aromatic heterocycles. The lowest BCUT2D eigenvalue weighted by atomic mass is 9.99. The quantitative estimate of drug-likeness (QED) is 0.119. The fourth-order valence-electron chi connectivity index (χ4n) is 5.23. The van der Waals surface area contributed by atoms with Crippen LogP contribution in [0, 0.1) is 46.5 Å². The molecular formula is C36H21F13O3. The summed E-state index contributed by atoms with van der Waals surface area (Å²) in [5, 5.41) is 0. The summed E-state index contributed by atoms with van der Waals surface area (Å²) >= 11 is 0. The van der Waals surface area contributed by atoms with Gasteiger partial charge in [0.2, 0.25) is 6.86 Å². The van der Waals surface area contributed by atoms with Gasteiger partial charge in [0.05, 0.1) is 0 Å². The molecule has 0 unspecified atom stereocenters. The molecule has 3 nitrogen and oxygen atoms in total. The van der Waals surface area contributed by atoms with Crippen LogP contribution >= 0.6 is 0 Å². The van der Waals surface area contributed by atoms with Crippen molar-refractivity contribution < 1.29 is 71.3 Å². The summed E-state index contributed by atoms with van der Waals surface area (Å²) in [4.78, 5) is 0. The second-order valence-corrected chi connectivity index (χ2v) is 11.0. The first-order valence-corrected chi connectivity index (χ1v) is 14.8. The molecule has 0 heterocycles. The molecule has 52 heavy (non-hydrogen) atoms. The Morgan fingerprint density at radius 2 is 0.923 bits per heavy atom. The molecule has 5 aromatic carbocycles. The smallest absolute Gasteiger partial charge is 0.432 e. The normalized spacial score (nSPS) is 11.9. The summed E-state index contributed by atoms with van der Waals surface area (Å²) < 4.78 is 202. The number of hydrogen-bond donors (Lipinski definition) is 0. The lowest BCUT2D eigenvalue weighted by Gasteiger charge is -2.21. The molecule has 16 heteroatoms. The molecule has 0 aliphatic carbocycles. The Morgan fingerprint density at radius 1 is 0.500 bits per heavy atom. The monoisotopic (exact) mass is 748 g/mol. The van der Waals surface area contributed by atoms with Gasteiger partial charge in [-0.25, -0.2) is 39.5 Å². The Bertz CT molecular complexity index is 2070. The summed E-state index contributed by atoms with van der Waals surface area (Å²) in [6, 6.07) is 6.95. The second kappa shape index (κ2) is 14.7. The molecule has 0 bridgehead atoms. The number of ether oxygens (including phenoxy) is 3. The molecule has 0 fully saturated rings.